The highest BCUT2D eigenvalue weighted by molar-refractivity contribution is 6.33. The van der Waals surface area contributed by atoms with Gasteiger partial charge in [-0.3, -0.25) is 0 Å². The highest BCUT2D eigenvalue weighted by Crippen LogP contribution is 2.20. The average molecular weight is 199 g/mol. The maximum Gasteiger partial charge on any atom is 0.410 e. The molecule has 0 aromatic carbocycles. The number of amides is 1. The molecule has 1 amide bonds. The summed E-state index contributed by atoms with van der Waals surface area (Å²) in [5.41, 5.74) is 0. The minimum Gasteiger partial charge on any atom is -0.446 e. The molecule has 1 saturated heterocycles. The Morgan fingerprint density at radius 3 is 2.85 bits per heavy atom. The molecule has 0 saturated carbocycles. The first kappa shape index (κ1) is 10.6. The first-order valence-electron chi connectivity index (χ1n) is 4.80. The van der Waals surface area contributed by atoms with Gasteiger partial charge in [0.25, 0.3) is 0 Å². The number of cyclic esters (lactones) is 1. The van der Waals surface area contributed by atoms with Crippen molar-refractivity contribution >= 4 is 15.6 Å². The number of rotatable bonds is 3. The number of hydrogen-bond donors (Lipinski definition) is 0. The average Bonchev–Trinajstić information content (AvgIpc) is 2.04. The van der Waals surface area contributed by atoms with E-state index in [0.29, 0.717) is 6.04 Å². The van der Waals surface area contributed by atoms with Crippen LogP contribution in [0.15, 0.2) is 0 Å². The molecule has 74 valence electrons. The van der Waals surface area contributed by atoms with Crippen molar-refractivity contribution in [2.24, 2.45) is 0 Å². The minimum atomic E-state index is -0.135. The normalized spacial score (nSPS) is 28.8. The van der Waals surface area contributed by atoms with Gasteiger partial charge in [0.2, 0.25) is 0 Å². The lowest BCUT2D eigenvalue weighted by atomic mass is 10.1. The molecule has 2 unspecified atom stereocenters. The van der Waals surface area contributed by atoms with E-state index in [2.05, 4.69) is 13.5 Å². The quantitative estimate of drug-likeness (QED) is 0.648. The smallest absolute Gasteiger partial charge is 0.410 e. The van der Waals surface area contributed by atoms with Gasteiger partial charge in [-0.05, 0) is 19.9 Å². The van der Waals surface area contributed by atoms with Crippen molar-refractivity contribution in [3.63, 3.8) is 0 Å². The molecule has 0 aromatic heterocycles. The van der Waals surface area contributed by atoms with Gasteiger partial charge in [0.15, 0.2) is 0 Å². The van der Waals surface area contributed by atoms with E-state index in [1.54, 1.807) is 4.90 Å². The van der Waals surface area contributed by atoms with Crippen LogP contribution in [0.25, 0.3) is 0 Å². The van der Waals surface area contributed by atoms with Gasteiger partial charge in [-0.1, -0.05) is 6.55 Å². The van der Waals surface area contributed by atoms with Gasteiger partial charge in [0.1, 0.15) is 6.10 Å². The molecule has 1 heterocycles. The molecule has 13 heavy (non-hydrogen) atoms. The molecule has 0 N–H and O–H groups in total. The fourth-order valence-electron chi connectivity index (χ4n) is 1.74. The minimum absolute atomic E-state index is 0.135. The maximum atomic E-state index is 11.4. The number of hydrogen-bond acceptors (Lipinski definition) is 2. The van der Waals surface area contributed by atoms with E-state index in [-0.39, 0.29) is 12.2 Å². The molecule has 0 aromatic rings. The van der Waals surface area contributed by atoms with Gasteiger partial charge in [0, 0.05) is 28.5 Å². The second kappa shape index (κ2) is 4.65. The van der Waals surface area contributed by atoms with Gasteiger partial charge in [-0.15, -0.1) is 0 Å². The molecule has 1 aliphatic heterocycles. The second-order valence-electron chi connectivity index (χ2n) is 3.43. The van der Waals surface area contributed by atoms with Crippen LogP contribution in [0.1, 0.15) is 20.3 Å². The third kappa shape index (κ3) is 2.46. The summed E-state index contributed by atoms with van der Waals surface area (Å²) in [5.74, 6) is 0. The Morgan fingerprint density at radius 2 is 2.38 bits per heavy atom. The highest BCUT2D eigenvalue weighted by atomic mass is 28.2. The van der Waals surface area contributed by atoms with E-state index in [1.807, 2.05) is 6.92 Å². The first-order valence-corrected chi connectivity index (χ1v) is 6.51. The van der Waals surface area contributed by atoms with Gasteiger partial charge in [-0.2, -0.15) is 0 Å². The predicted octanol–water partition coefficient (Wildman–Crippen LogP) is 1.78. The molecule has 4 heteroatoms. The van der Waals surface area contributed by atoms with Crippen LogP contribution in [0.4, 0.5) is 4.79 Å². The third-order valence-electron chi connectivity index (χ3n) is 2.41. The Bertz CT molecular complexity index is 186. The number of nitrogens with zero attached hydrogens (tertiary/aromatic N) is 1. The first-order chi connectivity index (χ1) is 6.19. The van der Waals surface area contributed by atoms with Crippen LogP contribution in [-0.4, -0.2) is 39.2 Å². The van der Waals surface area contributed by atoms with Crippen molar-refractivity contribution in [1.82, 2.24) is 4.90 Å². The lowest BCUT2D eigenvalue weighted by Crippen LogP contribution is -2.47. The SMILES string of the molecule is CCN1C(=O)OC(C[Si]C)CC1C. The lowest BCUT2D eigenvalue weighted by molar-refractivity contribution is 0.0128. The third-order valence-corrected chi connectivity index (χ3v) is 3.27. The highest BCUT2D eigenvalue weighted by Gasteiger charge is 2.30. The second-order valence-corrected chi connectivity index (χ2v) is 4.55. The van der Waals surface area contributed by atoms with Crippen molar-refractivity contribution in [2.45, 2.75) is 45.0 Å². The van der Waals surface area contributed by atoms with Crippen molar-refractivity contribution in [2.75, 3.05) is 6.54 Å². The summed E-state index contributed by atoms with van der Waals surface area (Å²) in [6.45, 7) is 6.97. The Morgan fingerprint density at radius 1 is 1.69 bits per heavy atom. The van der Waals surface area contributed by atoms with Gasteiger partial charge in [0.05, 0.1) is 0 Å². The van der Waals surface area contributed by atoms with E-state index in [1.165, 1.54) is 0 Å². The fraction of sp³-hybridized carbons (Fsp3) is 0.889. The predicted molar refractivity (Wildman–Crippen MR) is 53.2 cm³/mol. The molecule has 1 aliphatic rings. The summed E-state index contributed by atoms with van der Waals surface area (Å²) in [7, 11) is 0.865. The van der Waals surface area contributed by atoms with Gasteiger partial charge in [-0.25, -0.2) is 4.79 Å². The zero-order chi connectivity index (χ0) is 9.84. The largest absolute Gasteiger partial charge is 0.446 e. The van der Waals surface area contributed by atoms with Crippen LogP contribution in [0.3, 0.4) is 0 Å². The van der Waals surface area contributed by atoms with Crippen LogP contribution in [0, 0.1) is 0 Å². The fourth-order valence-corrected chi connectivity index (χ4v) is 2.44. The molecule has 2 radical (unpaired) electrons. The zero-order valence-electron chi connectivity index (χ0n) is 8.54. The standard InChI is InChI=1S/C9H17NO2Si/c1-4-10-7(2)5-8(6-13-3)12-9(10)11/h7-8H,4-6H2,1-3H3. The van der Waals surface area contributed by atoms with E-state index in [0.717, 1.165) is 28.5 Å². The summed E-state index contributed by atoms with van der Waals surface area (Å²) in [5, 5.41) is 0. The Hall–Kier alpha value is -0.513. The monoisotopic (exact) mass is 199 g/mol. The number of carbonyl (C=O) groups excluding carboxylic acids is 1. The zero-order valence-corrected chi connectivity index (χ0v) is 9.54. The Kier molecular flexibility index (Phi) is 3.78. The summed E-state index contributed by atoms with van der Waals surface area (Å²) in [6.07, 6.45) is 1.01. The van der Waals surface area contributed by atoms with Crippen molar-refractivity contribution < 1.29 is 9.53 Å². The van der Waals surface area contributed by atoms with Gasteiger partial charge < -0.3 is 9.64 Å². The van der Waals surface area contributed by atoms with E-state index < -0.39 is 0 Å². The number of ether oxygens (including phenoxy) is 1. The van der Waals surface area contributed by atoms with Crippen molar-refractivity contribution in [3.05, 3.63) is 0 Å². The Labute approximate surface area is 82.3 Å². The van der Waals surface area contributed by atoms with Crippen LogP contribution in [0.2, 0.25) is 12.6 Å². The van der Waals surface area contributed by atoms with E-state index >= 15 is 0 Å². The number of carbonyl (C=O) groups is 1. The lowest BCUT2D eigenvalue weighted by Gasteiger charge is -2.36. The summed E-state index contributed by atoms with van der Waals surface area (Å²) in [6, 6.07) is 1.36. The molecule has 0 aliphatic carbocycles. The van der Waals surface area contributed by atoms with Gasteiger partial charge >= 0.3 is 6.09 Å². The molecule has 1 rings (SSSR count). The summed E-state index contributed by atoms with van der Waals surface area (Å²) < 4.78 is 5.29. The molecule has 2 atom stereocenters. The maximum absolute atomic E-state index is 11.4. The van der Waals surface area contributed by atoms with E-state index in [4.69, 9.17) is 4.74 Å². The van der Waals surface area contributed by atoms with Crippen LogP contribution >= 0.6 is 0 Å². The van der Waals surface area contributed by atoms with Crippen LogP contribution in [0.5, 0.6) is 0 Å². The van der Waals surface area contributed by atoms with Crippen LogP contribution < -0.4 is 0 Å². The molecule has 3 nitrogen and oxygen atoms in total. The topological polar surface area (TPSA) is 29.5 Å². The molecule has 0 bridgehead atoms. The molecular formula is C9H17NO2Si. The summed E-state index contributed by atoms with van der Waals surface area (Å²) in [4.78, 5) is 13.2. The van der Waals surface area contributed by atoms with Crippen LogP contribution in [-0.2, 0) is 4.74 Å². The molecule has 0 spiro atoms. The van der Waals surface area contributed by atoms with Crippen molar-refractivity contribution in [3.8, 4) is 0 Å². The molecule has 1 fully saturated rings. The van der Waals surface area contributed by atoms with E-state index in [9.17, 15) is 4.79 Å². The summed E-state index contributed by atoms with van der Waals surface area (Å²) >= 11 is 0. The Balaban J connectivity index is 2.51. The molecular weight excluding hydrogens is 182 g/mol. The van der Waals surface area contributed by atoms with Crippen molar-refractivity contribution in [1.29, 1.82) is 0 Å².